The highest BCUT2D eigenvalue weighted by Gasteiger charge is 2.52. The van der Waals surface area contributed by atoms with Crippen molar-refractivity contribution in [3.63, 3.8) is 0 Å². The molecular formula is C27H34Cl2N2O5S. The monoisotopic (exact) mass is 568 g/mol. The first-order valence-electron chi connectivity index (χ1n) is 12.5. The van der Waals surface area contributed by atoms with Crippen molar-refractivity contribution in [3.8, 4) is 0 Å². The number of amides is 1. The second kappa shape index (κ2) is 11.1. The molecule has 202 valence electrons. The van der Waals surface area contributed by atoms with Gasteiger partial charge < -0.3 is 10.0 Å². The van der Waals surface area contributed by atoms with Gasteiger partial charge in [0, 0.05) is 35.1 Å². The van der Waals surface area contributed by atoms with E-state index in [1.165, 1.54) is 0 Å². The highest BCUT2D eigenvalue weighted by Crippen LogP contribution is 2.53. The summed E-state index contributed by atoms with van der Waals surface area (Å²) in [6, 6.07) is 14.1. The summed E-state index contributed by atoms with van der Waals surface area (Å²) in [5.41, 5.74) is 0.649. The number of hydrogen-bond donors (Lipinski definition) is 3. The van der Waals surface area contributed by atoms with E-state index in [0.717, 1.165) is 11.1 Å². The van der Waals surface area contributed by atoms with E-state index in [4.69, 9.17) is 23.2 Å². The molecule has 0 spiro atoms. The van der Waals surface area contributed by atoms with E-state index in [0.29, 0.717) is 48.2 Å². The smallest absolute Gasteiger partial charge is 0.304 e. The van der Waals surface area contributed by atoms with Gasteiger partial charge in [0.25, 0.3) is 0 Å². The lowest BCUT2D eigenvalue weighted by atomic mass is 9.67. The third-order valence-corrected chi connectivity index (χ3v) is 10.1. The average Bonchev–Trinajstić information content (AvgIpc) is 3.17. The quantitative estimate of drug-likeness (QED) is 0.328. The van der Waals surface area contributed by atoms with Crippen molar-refractivity contribution in [3.05, 3.63) is 69.7 Å². The molecule has 2 aliphatic rings. The minimum Gasteiger partial charge on any atom is -0.481 e. The number of nitrogens with zero attached hydrogens (tertiary/aromatic N) is 2. The number of carboxylic acids is 1. The van der Waals surface area contributed by atoms with Gasteiger partial charge in [0.05, 0.1) is 23.6 Å². The van der Waals surface area contributed by atoms with Crippen LogP contribution in [0.1, 0.15) is 62.6 Å². The number of halogens is 2. The Morgan fingerprint density at radius 3 is 2.41 bits per heavy atom. The second-order valence-corrected chi connectivity index (χ2v) is 13.4. The van der Waals surface area contributed by atoms with Gasteiger partial charge in [-0.3, -0.25) is 18.7 Å². The summed E-state index contributed by atoms with van der Waals surface area (Å²) in [4.78, 5) is 28.0. The number of benzene rings is 2. The fourth-order valence-corrected chi connectivity index (χ4v) is 7.78. The molecule has 1 amide bonds. The number of hydrogen-bond acceptors (Lipinski definition) is 5. The van der Waals surface area contributed by atoms with Gasteiger partial charge in [-0.05, 0) is 54.7 Å². The fourth-order valence-electron chi connectivity index (χ4n) is 5.85. The Hall–Kier alpha value is -1.81. The molecule has 2 aromatic rings. The predicted molar refractivity (Wildman–Crippen MR) is 148 cm³/mol. The molecule has 37 heavy (non-hydrogen) atoms. The van der Waals surface area contributed by atoms with Crippen LogP contribution in [0, 0.1) is 5.41 Å². The predicted octanol–water partition coefficient (Wildman–Crippen LogP) is 6.68. The Morgan fingerprint density at radius 2 is 1.84 bits per heavy atom. The largest absolute Gasteiger partial charge is 0.481 e. The van der Waals surface area contributed by atoms with Crippen molar-refractivity contribution in [2.75, 3.05) is 18.8 Å². The van der Waals surface area contributed by atoms with E-state index in [-0.39, 0.29) is 24.3 Å². The molecule has 0 unspecified atom stereocenters. The zero-order valence-electron chi connectivity index (χ0n) is 21.0. The minimum absolute atomic E-state index is 0.240. The molecule has 2 saturated heterocycles. The maximum atomic E-state index is 14.3. The number of carbonyl (C=O) groups excluding carboxylic acids is 1. The molecule has 2 heterocycles. The highest BCUT2D eigenvalue weighted by molar-refractivity contribution is 8.22. The standard InChI is InChI=1S/C27H34Cl2N2O5S/c1-3-22(17-30-12-5-13-37(30,35)36)31-25(18-8-10-20(28)11-9-18)23(19-6-4-7-21(29)14-19)15-27(2,26(31)34)16-24(32)33/h4,6-11,14,22-23,25,35-36H,3,5,12-13,15-17H2,1-2H3,(H,32,33)/t22-,23+,25+,27-/m0/s1. The summed E-state index contributed by atoms with van der Waals surface area (Å²) in [5, 5.41) is 10.9. The van der Waals surface area contributed by atoms with Gasteiger partial charge >= 0.3 is 5.97 Å². The summed E-state index contributed by atoms with van der Waals surface area (Å²) in [7, 11) is -2.89. The molecule has 4 rings (SSSR count). The molecule has 0 aliphatic carbocycles. The molecule has 7 nitrogen and oxygen atoms in total. The van der Waals surface area contributed by atoms with Crippen molar-refractivity contribution in [2.24, 2.45) is 5.41 Å². The van der Waals surface area contributed by atoms with E-state index in [1.54, 1.807) is 29.4 Å². The van der Waals surface area contributed by atoms with Crippen LogP contribution in [0.5, 0.6) is 0 Å². The average molecular weight is 570 g/mol. The van der Waals surface area contributed by atoms with E-state index < -0.39 is 28.2 Å². The van der Waals surface area contributed by atoms with Crippen LogP contribution in [0.25, 0.3) is 0 Å². The fraction of sp³-hybridized carbons (Fsp3) is 0.481. The molecule has 2 aliphatic heterocycles. The number of carbonyl (C=O) groups is 2. The van der Waals surface area contributed by atoms with E-state index in [9.17, 15) is 23.8 Å². The van der Waals surface area contributed by atoms with Crippen molar-refractivity contribution in [1.29, 1.82) is 0 Å². The van der Waals surface area contributed by atoms with Crippen LogP contribution in [-0.4, -0.2) is 60.2 Å². The van der Waals surface area contributed by atoms with Crippen LogP contribution in [0.4, 0.5) is 0 Å². The number of rotatable bonds is 8. The third kappa shape index (κ3) is 5.95. The maximum Gasteiger partial charge on any atom is 0.304 e. The first-order valence-corrected chi connectivity index (χ1v) is 14.9. The molecule has 0 radical (unpaired) electrons. The van der Waals surface area contributed by atoms with Gasteiger partial charge in [0.15, 0.2) is 0 Å². The minimum atomic E-state index is -2.89. The molecule has 2 aromatic carbocycles. The summed E-state index contributed by atoms with van der Waals surface area (Å²) >= 11 is 12.6. The Morgan fingerprint density at radius 1 is 1.14 bits per heavy atom. The van der Waals surface area contributed by atoms with Crippen LogP contribution >= 0.6 is 34.0 Å². The Balaban J connectivity index is 1.87. The van der Waals surface area contributed by atoms with Crippen molar-refractivity contribution in [1.82, 2.24) is 9.21 Å². The van der Waals surface area contributed by atoms with E-state index >= 15 is 0 Å². The van der Waals surface area contributed by atoms with Crippen LogP contribution in [0.2, 0.25) is 10.0 Å². The Bertz CT molecular complexity index is 1150. The van der Waals surface area contributed by atoms with E-state index in [1.807, 2.05) is 42.2 Å². The van der Waals surface area contributed by atoms with Gasteiger partial charge in [0.2, 0.25) is 5.91 Å². The maximum absolute atomic E-state index is 14.3. The molecule has 4 atom stereocenters. The third-order valence-electron chi connectivity index (χ3n) is 7.65. The highest BCUT2D eigenvalue weighted by atomic mass is 35.5. The molecule has 10 heteroatoms. The first kappa shape index (κ1) is 28.2. The van der Waals surface area contributed by atoms with Gasteiger partial charge in [-0.15, -0.1) is 10.8 Å². The van der Waals surface area contributed by atoms with Crippen molar-refractivity contribution in [2.45, 2.75) is 57.5 Å². The summed E-state index contributed by atoms with van der Waals surface area (Å²) in [6.07, 6.45) is 1.27. The van der Waals surface area contributed by atoms with Crippen LogP contribution in [-0.2, 0) is 9.59 Å². The Labute approximate surface area is 229 Å². The Kier molecular flexibility index (Phi) is 8.48. The first-order chi connectivity index (χ1) is 17.4. The van der Waals surface area contributed by atoms with Crippen LogP contribution in [0.3, 0.4) is 0 Å². The lowest BCUT2D eigenvalue weighted by Crippen LogP contribution is -2.58. The second-order valence-electron chi connectivity index (χ2n) is 10.3. The van der Waals surface area contributed by atoms with Gasteiger partial charge in [0.1, 0.15) is 0 Å². The number of likely N-dealkylation sites (tertiary alicyclic amines) is 1. The summed E-state index contributed by atoms with van der Waals surface area (Å²) in [5.74, 6) is -1.20. The topological polar surface area (TPSA) is 101 Å². The SMILES string of the molecule is CC[C@@H](CN1CCCS1(O)O)N1C(=O)[C@](C)(CC(=O)O)C[C@H](c2cccc(Cl)c2)[C@H]1c1ccc(Cl)cc1. The lowest BCUT2D eigenvalue weighted by molar-refractivity contribution is -0.160. The molecule has 2 fully saturated rings. The number of piperidine rings is 1. The zero-order valence-corrected chi connectivity index (χ0v) is 23.3. The van der Waals surface area contributed by atoms with E-state index in [2.05, 4.69) is 0 Å². The van der Waals surface area contributed by atoms with Gasteiger partial charge in [-0.25, -0.2) is 4.31 Å². The number of aliphatic carboxylic acids is 1. The zero-order chi connectivity index (χ0) is 27.0. The van der Waals surface area contributed by atoms with Crippen molar-refractivity contribution >= 4 is 45.9 Å². The normalized spacial score (nSPS) is 27.7. The molecular weight excluding hydrogens is 535 g/mol. The molecule has 0 bridgehead atoms. The van der Waals surface area contributed by atoms with Crippen molar-refractivity contribution < 1.29 is 23.8 Å². The van der Waals surface area contributed by atoms with Gasteiger partial charge in [-0.1, -0.05) is 61.3 Å². The molecule has 0 saturated carbocycles. The summed E-state index contributed by atoms with van der Waals surface area (Å²) in [6.45, 7) is 4.52. The molecule has 0 aromatic heterocycles. The van der Waals surface area contributed by atoms with Crippen LogP contribution < -0.4 is 0 Å². The number of carboxylic acid groups (broad SMARTS) is 1. The summed E-state index contributed by atoms with van der Waals surface area (Å²) < 4.78 is 22.9. The lowest BCUT2D eigenvalue weighted by Gasteiger charge is -2.53. The van der Waals surface area contributed by atoms with Crippen LogP contribution in [0.15, 0.2) is 48.5 Å². The van der Waals surface area contributed by atoms with Gasteiger partial charge in [-0.2, -0.15) is 0 Å². The molecule has 3 N–H and O–H groups in total.